The molecule has 0 atom stereocenters. The summed E-state index contributed by atoms with van der Waals surface area (Å²) in [5.41, 5.74) is 4.27. The third-order valence-corrected chi connectivity index (χ3v) is 4.97. The van der Waals surface area contributed by atoms with E-state index >= 15 is 0 Å². The van der Waals surface area contributed by atoms with Crippen LogP contribution in [0.25, 0.3) is 22.2 Å². The lowest BCUT2D eigenvalue weighted by Gasteiger charge is -2.10. The van der Waals surface area contributed by atoms with Gasteiger partial charge in [0.15, 0.2) is 0 Å². The van der Waals surface area contributed by atoms with Crippen molar-refractivity contribution in [3.05, 3.63) is 76.0 Å². The van der Waals surface area contributed by atoms with Crippen molar-refractivity contribution >= 4 is 33.8 Å². The number of carbonyl (C=O) groups is 1. The van der Waals surface area contributed by atoms with Gasteiger partial charge in [-0.3, -0.25) is 9.78 Å². The molecule has 0 saturated carbocycles. The number of benzene rings is 2. The van der Waals surface area contributed by atoms with Crippen molar-refractivity contribution in [2.75, 3.05) is 5.32 Å². The Bertz CT molecular complexity index is 1150. The highest BCUT2D eigenvalue weighted by atomic mass is 32.1. The van der Waals surface area contributed by atoms with E-state index in [9.17, 15) is 9.18 Å². The number of thiazole rings is 1. The molecule has 134 valence electrons. The molecule has 0 aliphatic carbocycles. The zero-order valence-corrected chi connectivity index (χ0v) is 15.6. The summed E-state index contributed by atoms with van der Waals surface area (Å²) in [5.74, 6) is -0.696. The summed E-state index contributed by atoms with van der Waals surface area (Å²) in [7, 11) is 0. The molecule has 0 spiro atoms. The average molecular weight is 377 g/mol. The predicted octanol–water partition coefficient (Wildman–Crippen LogP) is 5.37. The van der Waals surface area contributed by atoms with Crippen LogP contribution < -0.4 is 5.32 Å². The number of nitrogens with one attached hydrogen (secondary N) is 1. The highest BCUT2D eigenvalue weighted by Crippen LogP contribution is 2.24. The van der Waals surface area contributed by atoms with Gasteiger partial charge in [-0.25, -0.2) is 9.37 Å². The first-order valence-electron chi connectivity index (χ1n) is 8.40. The maximum Gasteiger partial charge on any atom is 0.256 e. The molecule has 1 amide bonds. The SMILES string of the molecule is Cc1cc(C(=O)Nc2ccc(-c3csc(C)n3)cc2)c2cc(F)ccc2n1. The molecule has 0 saturated heterocycles. The molecule has 4 aromatic rings. The van der Waals surface area contributed by atoms with Gasteiger partial charge in [0, 0.05) is 27.7 Å². The molecule has 2 aromatic heterocycles. The number of rotatable bonds is 3. The maximum atomic E-state index is 13.7. The van der Waals surface area contributed by atoms with Crippen molar-refractivity contribution in [3.8, 4) is 11.3 Å². The number of nitrogens with zero attached hydrogens (tertiary/aromatic N) is 2. The Kier molecular flexibility index (Phi) is 4.41. The van der Waals surface area contributed by atoms with Crippen molar-refractivity contribution in [1.82, 2.24) is 9.97 Å². The standard InChI is InChI=1S/C21H16FN3OS/c1-12-9-18(17-10-15(22)5-8-19(17)23-12)21(26)25-16-6-3-14(4-7-16)20-11-27-13(2)24-20/h3-11H,1-2H3,(H,25,26). The van der Waals surface area contributed by atoms with Crippen LogP contribution in [0.3, 0.4) is 0 Å². The molecule has 1 N–H and O–H groups in total. The lowest BCUT2D eigenvalue weighted by Crippen LogP contribution is -2.13. The van der Waals surface area contributed by atoms with E-state index < -0.39 is 5.82 Å². The number of hydrogen-bond donors (Lipinski definition) is 1. The zero-order chi connectivity index (χ0) is 19.0. The van der Waals surface area contributed by atoms with Gasteiger partial charge in [0.1, 0.15) is 5.82 Å². The highest BCUT2D eigenvalue weighted by Gasteiger charge is 2.13. The minimum atomic E-state index is -0.398. The molecule has 6 heteroatoms. The number of fused-ring (bicyclic) bond motifs is 1. The quantitative estimate of drug-likeness (QED) is 0.522. The van der Waals surface area contributed by atoms with Gasteiger partial charge in [0.05, 0.1) is 21.8 Å². The van der Waals surface area contributed by atoms with Crippen LogP contribution in [0.15, 0.2) is 53.9 Å². The van der Waals surface area contributed by atoms with Gasteiger partial charge in [-0.1, -0.05) is 12.1 Å². The fourth-order valence-electron chi connectivity index (χ4n) is 2.94. The fraction of sp³-hybridized carbons (Fsp3) is 0.0952. The second-order valence-corrected chi connectivity index (χ2v) is 7.32. The molecule has 27 heavy (non-hydrogen) atoms. The molecule has 2 aromatic carbocycles. The van der Waals surface area contributed by atoms with Crippen LogP contribution in [0.2, 0.25) is 0 Å². The summed E-state index contributed by atoms with van der Waals surface area (Å²) in [6.45, 7) is 3.77. The third-order valence-electron chi connectivity index (χ3n) is 4.20. The Labute approximate surface area is 159 Å². The van der Waals surface area contributed by atoms with E-state index in [1.165, 1.54) is 12.1 Å². The second kappa shape index (κ2) is 6.89. The number of amides is 1. The van der Waals surface area contributed by atoms with Gasteiger partial charge in [-0.15, -0.1) is 11.3 Å². The second-order valence-electron chi connectivity index (χ2n) is 6.26. The smallest absolute Gasteiger partial charge is 0.256 e. The summed E-state index contributed by atoms with van der Waals surface area (Å²) in [6, 6.07) is 13.4. The van der Waals surface area contributed by atoms with Crippen molar-refractivity contribution in [3.63, 3.8) is 0 Å². The summed E-state index contributed by atoms with van der Waals surface area (Å²) in [6.07, 6.45) is 0. The van der Waals surface area contributed by atoms with Crippen molar-refractivity contribution in [2.45, 2.75) is 13.8 Å². The van der Waals surface area contributed by atoms with Crippen LogP contribution in [-0.4, -0.2) is 15.9 Å². The molecular weight excluding hydrogens is 361 g/mol. The molecule has 4 nitrogen and oxygen atoms in total. The van der Waals surface area contributed by atoms with E-state index in [0.29, 0.717) is 27.8 Å². The Morgan fingerprint density at radius 3 is 2.52 bits per heavy atom. The Balaban J connectivity index is 1.63. The summed E-state index contributed by atoms with van der Waals surface area (Å²) >= 11 is 1.60. The molecule has 0 radical (unpaired) electrons. The number of hydrogen-bond acceptors (Lipinski definition) is 4. The topological polar surface area (TPSA) is 54.9 Å². The number of aromatic nitrogens is 2. The normalized spacial score (nSPS) is 10.9. The first kappa shape index (κ1) is 17.3. The fourth-order valence-corrected chi connectivity index (χ4v) is 3.56. The molecule has 0 bridgehead atoms. The maximum absolute atomic E-state index is 13.7. The molecule has 0 aliphatic rings. The average Bonchev–Trinajstić information content (AvgIpc) is 3.08. The zero-order valence-electron chi connectivity index (χ0n) is 14.8. The summed E-state index contributed by atoms with van der Waals surface area (Å²) in [4.78, 5) is 21.6. The van der Waals surface area contributed by atoms with Crippen LogP contribution in [0.5, 0.6) is 0 Å². The summed E-state index contributed by atoms with van der Waals surface area (Å²) < 4.78 is 13.7. The van der Waals surface area contributed by atoms with Gasteiger partial charge in [-0.2, -0.15) is 0 Å². The molecule has 2 heterocycles. The van der Waals surface area contributed by atoms with Crippen LogP contribution in [-0.2, 0) is 0 Å². The van der Waals surface area contributed by atoms with Crippen LogP contribution in [0.1, 0.15) is 21.1 Å². The van der Waals surface area contributed by atoms with E-state index in [2.05, 4.69) is 15.3 Å². The van der Waals surface area contributed by atoms with E-state index in [1.54, 1.807) is 23.5 Å². The lowest BCUT2D eigenvalue weighted by molar-refractivity contribution is 0.102. The number of pyridine rings is 1. The first-order valence-corrected chi connectivity index (χ1v) is 9.28. The molecule has 0 unspecified atom stereocenters. The van der Waals surface area contributed by atoms with Gasteiger partial charge < -0.3 is 5.32 Å². The van der Waals surface area contributed by atoms with Crippen LogP contribution in [0.4, 0.5) is 10.1 Å². The number of carbonyl (C=O) groups excluding carboxylic acids is 1. The molecule has 0 aliphatic heterocycles. The first-order chi connectivity index (χ1) is 13.0. The van der Waals surface area contributed by atoms with Gasteiger partial charge in [0.25, 0.3) is 5.91 Å². The number of aryl methyl sites for hydroxylation is 2. The van der Waals surface area contributed by atoms with Gasteiger partial charge >= 0.3 is 0 Å². The highest BCUT2D eigenvalue weighted by molar-refractivity contribution is 7.09. The van der Waals surface area contributed by atoms with E-state index in [1.807, 2.05) is 43.5 Å². The largest absolute Gasteiger partial charge is 0.322 e. The van der Waals surface area contributed by atoms with E-state index in [-0.39, 0.29) is 5.91 Å². The van der Waals surface area contributed by atoms with E-state index in [4.69, 9.17) is 0 Å². The van der Waals surface area contributed by atoms with Crippen molar-refractivity contribution in [1.29, 1.82) is 0 Å². The Morgan fingerprint density at radius 2 is 1.81 bits per heavy atom. The van der Waals surface area contributed by atoms with Gasteiger partial charge in [-0.05, 0) is 50.2 Å². The predicted molar refractivity (Wildman–Crippen MR) is 107 cm³/mol. The van der Waals surface area contributed by atoms with E-state index in [0.717, 1.165) is 16.3 Å². The Morgan fingerprint density at radius 1 is 1.04 bits per heavy atom. The molecule has 0 fully saturated rings. The number of anilines is 1. The monoisotopic (exact) mass is 377 g/mol. The number of halogens is 1. The third kappa shape index (κ3) is 3.57. The van der Waals surface area contributed by atoms with Crippen LogP contribution >= 0.6 is 11.3 Å². The molecule has 4 rings (SSSR count). The van der Waals surface area contributed by atoms with Gasteiger partial charge in [0.2, 0.25) is 0 Å². The summed E-state index contributed by atoms with van der Waals surface area (Å²) in [5, 5.41) is 6.38. The minimum absolute atomic E-state index is 0.298. The minimum Gasteiger partial charge on any atom is -0.322 e. The molecular formula is C21H16FN3OS. The Hall–Kier alpha value is -3.12. The van der Waals surface area contributed by atoms with Crippen LogP contribution in [0, 0.1) is 19.7 Å². The van der Waals surface area contributed by atoms with Crippen molar-refractivity contribution in [2.24, 2.45) is 0 Å². The lowest BCUT2D eigenvalue weighted by atomic mass is 10.1. The van der Waals surface area contributed by atoms with Crippen molar-refractivity contribution < 1.29 is 9.18 Å².